The number of rotatable bonds is 4. The van der Waals surface area contributed by atoms with Crippen LogP contribution in [-0.2, 0) is 0 Å². The Morgan fingerprint density at radius 3 is 2.19 bits per heavy atom. The van der Waals surface area contributed by atoms with E-state index in [-0.39, 0.29) is 18.1 Å². The van der Waals surface area contributed by atoms with Gasteiger partial charge in [0.05, 0.1) is 0 Å². The predicted molar refractivity (Wildman–Crippen MR) is 49.1 cm³/mol. The molecule has 0 N–H and O–H groups in total. The largest absolute Gasteiger partial charge is 0.480 e. The average molecular weight is 231 g/mol. The fourth-order valence-corrected chi connectivity index (χ4v) is 0.958. The molecule has 0 radical (unpaired) electrons. The molecule has 0 atom stereocenters. The summed E-state index contributed by atoms with van der Waals surface area (Å²) in [6, 6.07) is 7.59. The maximum absolute atomic E-state index is 11.9. The van der Waals surface area contributed by atoms with Crippen molar-refractivity contribution in [2.75, 3.05) is 13.2 Å². The second kappa shape index (κ2) is 5.26. The Morgan fingerprint density at radius 1 is 1.12 bits per heavy atom. The first-order valence-corrected chi connectivity index (χ1v) is 4.31. The molecule has 1 rings (SSSR count). The third kappa shape index (κ3) is 4.09. The third-order valence-electron chi connectivity index (χ3n) is 1.53. The number of nitrogens with zero attached hydrogens (tertiary/aromatic N) is 1. The van der Waals surface area contributed by atoms with Gasteiger partial charge in [0.1, 0.15) is 6.07 Å². The lowest BCUT2D eigenvalue weighted by atomic mass is 10.3. The van der Waals surface area contributed by atoms with Crippen molar-refractivity contribution in [3.63, 3.8) is 0 Å². The molecule has 0 aliphatic rings. The molecule has 3 nitrogen and oxygen atoms in total. The summed E-state index contributed by atoms with van der Waals surface area (Å²) in [5.74, 6) is 0.0865. The minimum absolute atomic E-state index is 0.0323. The molecule has 1 aromatic carbocycles. The standard InChI is InChI=1S/C10H8F3NO2/c11-10(12,13)7-16-9-4-2-1-3-8(9)15-6-5-14/h1-4H,6-7H2. The van der Waals surface area contributed by atoms with Crippen molar-refractivity contribution in [1.82, 2.24) is 0 Å². The zero-order chi connectivity index (χ0) is 12.0. The summed E-state index contributed by atoms with van der Waals surface area (Å²) < 4.78 is 45.2. The van der Waals surface area contributed by atoms with Gasteiger partial charge in [0.2, 0.25) is 0 Å². The van der Waals surface area contributed by atoms with Crippen LogP contribution in [0.3, 0.4) is 0 Å². The van der Waals surface area contributed by atoms with Crippen LogP contribution in [0.5, 0.6) is 11.5 Å². The van der Waals surface area contributed by atoms with E-state index < -0.39 is 12.8 Å². The quantitative estimate of drug-likeness (QED) is 0.799. The van der Waals surface area contributed by atoms with Crippen LogP contribution in [0.15, 0.2) is 24.3 Å². The van der Waals surface area contributed by atoms with Gasteiger partial charge in [-0.15, -0.1) is 0 Å². The molecule has 0 spiro atoms. The summed E-state index contributed by atoms with van der Waals surface area (Å²) in [4.78, 5) is 0. The normalized spacial score (nSPS) is 10.6. The van der Waals surface area contributed by atoms with Gasteiger partial charge in [-0.25, -0.2) is 0 Å². The number of halogens is 3. The van der Waals surface area contributed by atoms with Crippen LogP contribution in [0.25, 0.3) is 0 Å². The van der Waals surface area contributed by atoms with E-state index in [4.69, 9.17) is 10.00 Å². The number of hydrogen-bond donors (Lipinski definition) is 0. The van der Waals surface area contributed by atoms with Crippen LogP contribution in [0.4, 0.5) is 13.2 Å². The van der Waals surface area contributed by atoms with E-state index >= 15 is 0 Å². The SMILES string of the molecule is N#CCOc1ccccc1OCC(F)(F)F. The highest BCUT2D eigenvalue weighted by Crippen LogP contribution is 2.28. The molecule has 0 amide bonds. The molecule has 0 aliphatic heterocycles. The van der Waals surface area contributed by atoms with E-state index in [1.165, 1.54) is 18.2 Å². The summed E-state index contributed by atoms with van der Waals surface area (Å²) >= 11 is 0. The Balaban J connectivity index is 2.68. The van der Waals surface area contributed by atoms with Crippen molar-refractivity contribution in [3.8, 4) is 17.6 Å². The molecule has 0 bridgehead atoms. The van der Waals surface area contributed by atoms with Crippen molar-refractivity contribution >= 4 is 0 Å². The highest BCUT2D eigenvalue weighted by Gasteiger charge is 2.28. The van der Waals surface area contributed by atoms with Crippen molar-refractivity contribution < 1.29 is 22.6 Å². The summed E-state index contributed by atoms with van der Waals surface area (Å²) in [7, 11) is 0. The molecule has 0 saturated heterocycles. The highest BCUT2D eigenvalue weighted by atomic mass is 19.4. The second-order valence-corrected chi connectivity index (χ2v) is 2.80. The predicted octanol–water partition coefficient (Wildman–Crippen LogP) is 2.53. The van der Waals surface area contributed by atoms with Gasteiger partial charge in [-0.05, 0) is 12.1 Å². The minimum Gasteiger partial charge on any atom is -0.480 e. The van der Waals surface area contributed by atoms with Crippen molar-refractivity contribution in [1.29, 1.82) is 5.26 Å². The lowest BCUT2D eigenvalue weighted by Gasteiger charge is -2.12. The van der Waals surface area contributed by atoms with Gasteiger partial charge >= 0.3 is 6.18 Å². The number of nitriles is 1. The van der Waals surface area contributed by atoms with Crippen LogP contribution >= 0.6 is 0 Å². The number of alkyl halides is 3. The summed E-state index contributed by atoms with van der Waals surface area (Å²) in [6.45, 7) is -1.63. The van der Waals surface area contributed by atoms with Gasteiger partial charge in [-0.2, -0.15) is 18.4 Å². The Kier molecular flexibility index (Phi) is 4.00. The van der Waals surface area contributed by atoms with Crippen LogP contribution in [0.2, 0.25) is 0 Å². The van der Waals surface area contributed by atoms with Gasteiger partial charge in [0.15, 0.2) is 24.7 Å². The molecule has 0 heterocycles. The second-order valence-electron chi connectivity index (χ2n) is 2.80. The lowest BCUT2D eigenvalue weighted by Crippen LogP contribution is -2.19. The van der Waals surface area contributed by atoms with E-state index in [0.717, 1.165) is 0 Å². The number of para-hydroxylation sites is 2. The summed E-state index contributed by atoms with van der Waals surface area (Å²) in [5, 5.41) is 8.28. The van der Waals surface area contributed by atoms with Crippen LogP contribution in [0, 0.1) is 11.3 Å². The molecule has 1 aromatic rings. The molecule has 86 valence electrons. The highest BCUT2D eigenvalue weighted by molar-refractivity contribution is 5.39. The van der Waals surface area contributed by atoms with Gasteiger partial charge in [-0.3, -0.25) is 0 Å². The van der Waals surface area contributed by atoms with Gasteiger partial charge in [0.25, 0.3) is 0 Å². The van der Waals surface area contributed by atoms with Crippen LogP contribution in [0.1, 0.15) is 0 Å². The Bertz CT molecular complexity index is 384. The molecular weight excluding hydrogens is 223 g/mol. The molecular formula is C10H8F3NO2. The third-order valence-corrected chi connectivity index (χ3v) is 1.53. The number of hydrogen-bond acceptors (Lipinski definition) is 3. The van der Waals surface area contributed by atoms with Crippen molar-refractivity contribution in [2.45, 2.75) is 6.18 Å². The first-order valence-electron chi connectivity index (χ1n) is 4.31. The molecule has 0 fully saturated rings. The molecule has 0 unspecified atom stereocenters. The Morgan fingerprint density at radius 2 is 1.69 bits per heavy atom. The Hall–Kier alpha value is -1.90. The molecule has 0 aliphatic carbocycles. The Labute approximate surface area is 90.0 Å². The van der Waals surface area contributed by atoms with E-state index in [1.807, 2.05) is 0 Å². The topological polar surface area (TPSA) is 42.2 Å². The monoisotopic (exact) mass is 231 g/mol. The van der Waals surface area contributed by atoms with Gasteiger partial charge in [-0.1, -0.05) is 12.1 Å². The maximum Gasteiger partial charge on any atom is 0.422 e. The first-order chi connectivity index (χ1) is 7.53. The fourth-order valence-electron chi connectivity index (χ4n) is 0.958. The zero-order valence-corrected chi connectivity index (χ0v) is 8.12. The molecule has 6 heteroatoms. The van der Waals surface area contributed by atoms with E-state index in [2.05, 4.69) is 4.74 Å². The van der Waals surface area contributed by atoms with Crippen molar-refractivity contribution in [3.05, 3.63) is 24.3 Å². The van der Waals surface area contributed by atoms with Crippen LogP contribution < -0.4 is 9.47 Å². The van der Waals surface area contributed by atoms with E-state index in [9.17, 15) is 13.2 Å². The minimum atomic E-state index is -4.40. The zero-order valence-electron chi connectivity index (χ0n) is 8.12. The lowest BCUT2D eigenvalue weighted by molar-refractivity contribution is -0.153. The molecule has 0 aromatic heterocycles. The smallest absolute Gasteiger partial charge is 0.422 e. The first kappa shape index (κ1) is 12.2. The molecule has 16 heavy (non-hydrogen) atoms. The van der Waals surface area contributed by atoms with Crippen LogP contribution in [-0.4, -0.2) is 19.4 Å². The summed E-state index contributed by atoms with van der Waals surface area (Å²) in [5.41, 5.74) is 0. The van der Waals surface area contributed by atoms with Crippen molar-refractivity contribution in [2.24, 2.45) is 0 Å². The fraction of sp³-hybridized carbons (Fsp3) is 0.300. The van der Waals surface area contributed by atoms with E-state index in [1.54, 1.807) is 12.1 Å². The number of benzene rings is 1. The molecule has 0 saturated carbocycles. The number of ether oxygens (including phenoxy) is 2. The van der Waals surface area contributed by atoms with Gasteiger partial charge < -0.3 is 9.47 Å². The average Bonchev–Trinajstić information content (AvgIpc) is 2.23. The summed E-state index contributed by atoms with van der Waals surface area (Å²) in [6.07, 6.45) is -4.40. The van der Waals surface area contributed by atoms with E-state index in [0.29, 0.717) is 0 Å². The maximum atomic E-state index is 11.9. The van der Waals surface area contributed by atoms with Gasteiger partial charge in [0, 0.05) is 0 Å².